The summed E-state index contributed by atoms with van der Waals surface area (Å²) in [6.07, 6.45) is 2.99. The smallest absolute Gasteiger partial charge is 0.236 e. The van der Waals surface area contributed by atoms with Gasteiger partial charge in [-0.1, -0.05) is 35.6 Å². The van der Waals surface area contributed by atoms with Gasteiger partial charge < -0.3 is 14.6 Å². The molecule has 1 aromatic carbocycles. The predicted octanol–water partition coefficient (Wildman–Crippen LogP) is 0.333. The first-order chi connectivity index (χ1) is 11.1. The first kappa shape index (κ1) is 13.2. The van der Waals surface area contributed by atoms with Crippen molar-refractivity contribution in [2.75, 3.05) is 11.4 Å². The van der Waals surface area contributed by atoms with E-state index in [0.29, 0.717) is 11.7 Å². The number of anilines is 1. The van der Waals surface area contributed by atoms with Gasteiger partial charge in [-0.05, 0) is 12.1 Å². The Balaban J connectivity index is 1.58. The molecular formula is C16H11N2O4S-. The molecule has 1 amide bonds. The molecule has 0 unspecified atom stereocenters. The van der Waals surface area contributed by atoms with Crippen LogP contribution in [0.25, 0.3) is 10.2 Å². The van der Waals surface area contributed by atoms with Gasteiger partial charge in [0.25, 0.3) is 0 Å². The number of thiazole rings is 1. The number of benzene rings is 1. The Kier molecular flexibility index (Phi) is 2.40. The number of amides is 1. The van der Waals surface area contributed by atoms with Crippen LogP contribution in [0.4, 0.5) is 5.13 Å². The minimum atomic E-state index is -1.23. The Morgan fingerprint density at radius 1 is 1.43 bits per heavy atom. The molecule has 0 radical (unpaired) electrons. The van der Waals surface area contributed by atoms with Crippen LogP contribution in [0.15, 0.2) is 36.4 Å². The molecule has 0 saturated carbocycles. The van der Waals surface area contributed by atoms with E-state index in [2.05, 4.69) is 4.98 Å². The van der Waals surface area contributed by atoms with Crippen molar-refractivity contribution in [3.8, 4) is 0 Å². The molecule has 4 heterocycles. The third kappa shape index (κ3) is 1.58. The van der Waals surface area contributed by atoms with Crippen LogP contribution in [0, 0.1) is 11.8 Å². The van der Waals surface area contributed by atoms with Crippen LogP contribution in [0.1, 0.15) is 0 Å². The van der Waals surface area contributed by atoms with E-state index in [1.54, 1.807) is 11.0 Å². The van der Waals surface area contributed by atoms with Crippen molar-refractivity contribution >= 4 is 38.6 Å². The molecule has 0 aliphatic carbocycles. The lowest BCUT2D eigenvalue weighted by Gasteiger charge is -2.24. The van der Waals surface area contributed by atoms with Crippen molar-refractivity contribution in [2.24, 2.45) is 11.8 Å². The Morgan fingerprint density at radius 3 is 3.04 bits per heavy atom. The summed E-state index contributed by atoms with van der Waals surface area (Å²) in [5.74, 6) is -3.13. The highest BCUT2D eigenvalue weighted by Crippen LogP contribution is 2.52. The first-order valence-electron chi connectivity index (χ1n) is 7.34. The molecule has 6 nitrogen and oxygen atoms in total. The molecule has 2 fully saturated rings. The molecule has 3 aliphatic rings. The summed E-state index contributed by atoms with van der Waals surface area (Å²) < 4.78 is 6.82. The highest BCUT2D eigenvalue weighted by molar-refractivity contribution is 7.22. The summed E-state index contributed by atoms with van der Waals surface area (Å²) in [6, 6.07) is 7.65. The van der Waals surface area contributed by atoms with E-state index in [0.717, 1.165) is 10.2 Å². The number of para-hydroxylation sites is 1. The number of hydrogen-bond donors (Lipinski definition) is 0. The van der Waals surface area contributed by atoms with Gasteiger partial charge in [0.15, 0.2) is 5.13 Å². The second-order valence-corrected chi connectivity index (χ2v) is 7.12. The van der Waals surface area contributed by atoms with E-state index in [1.807, 2.05) is 30.3 Å². The molecule has 2 bridgehead atoms. The number of fused-ring (bicyclic) bond motifs is 2. The van der Waals surface area contributed by atoms with Gasteiger partial charge >= 0.3 is 0 Å². The topological polar surface area (TPSA) is 82.6 Å². The number of carboxylic acid groups (broad SMARTS) is 1. The quantitative estimate of drug-likeness (QED) is 0.743. The second kappa shape index (κ2) is 4.18. The maximum atomic E-state index is 12.9. The van der Waals surface area contributed by atoms with Crippen LogP contribution >= 0.6 is 11.3 Å². The molecule has 23 heavy (non-hydrogen) atoms. The number of rotatable bonds is 2. The summed E-state index contributed by atoms with van der Waals surface area (Å²) in [6.45, 7) is 0.299. The Labute approximate surface area is 135 Å². The average Bonchev–Trinajstić information content (AvgIpc) is 3.25. The number of aromatic nitrogens is 1. The lowest BCUT2D eigenvalue weighted by atomic mass is 9.77. The molecule has 7 heteroatoms. The van der Waals surface area contributed by atoms with E-state index >= 15 is 0 Å². The van der Waals surface area contributed by atoms with E-state index in [1.165, 1.54) is 11.3 Å². The molecule has 0 N–H and O–H groups in total. The monoisotopic (exact) mass is 327 g/mol. The number of hydrogen-bond acceptors (Lipinski definition) is 6. The van der Waals surface area contributed by atoms with Gasteiger partial charge in [-0.2, -0.15) is 0 Å². The minimum absolute atomic E-state index is 0.245. The molecule has 1 aromatic heterocycles. The maximum absolute atomic E-state index is 12.9. The lowest BCUT2D eigenvalue weighted by Crippen LogP contribution is -2.45. The summed E-state index contributed by atoms with van der Waals surface area (Å²) in [5, 5.41) is 12.0. The molecule has 3 aliphatic heterocycles. The average molecular weight is 327 g/mol. The fraction of sp³-hybridized carbons (Fsp3) is 0.312. The van der Waals surface area contributed by atoms with E-state index in [-0.39, 0.29) is 5.91 Å². The number of carboxylic acids is 1. The Hall–Kier alpha value is -2.25. The van der Waals surface area contributed by atoms with Crippen molar-refractivity contribution < 1.29 is 19.4 Å². The Morgan fingerprint density at radius 2 is 2.26 bits per heavy atom. The normalized spacial score (nSPS) is 34.5. The SMILES string of the molecule is O=C([O-])[C@H]1[C@@H]2C=C[C@]3(CN(c4nc5ccccc5s4)C(=O)[C@@H]13)O2. The van der Waals surface area contributed by atoms with Crippen molar-refractivity contribution in [3.63, 3.8) is 0 Å². The molecule has 4 atom stereocenters. The van der Waals surface area contributed by atoms with Gasteiger partial charge in [0.2, 0.25) is 5.91 Å². The van der Waals surface area contributed by atoms with Crippen molar-refractivity contribution in [3.05, 3.63) is 36.4 Å². The summed E-state index contributed by atoms with van der Waals surface area (Å²) in [5.41, 5.74) is -0.0308. The molecule has 116 valence electrons. The van der Waals surface area contributed by atoms with Crippen LogP contribution < -0.4 is 10.0 Å². The second-order valence-electron chi connectivity index (χ2n) is 6.11. The fourth-order valence-electron chi connectivity index (χ4n) is 3.90. The van der Waals surface area contributed by atoms with Gasteiger partial charge in [-0.25, -0.2) is 4.98 Å². The summed E-state index contributed by atoms with van der Waals surface area (Å²) >= 11 is 1.42. The van der Waals surface area contributed by atoms with Crippen LogP contribution in [0.3, 0.4) is 0 Å². The van der Waals surface area contributed by atoms with Crippen molar-refractivity contribution in [1.29, 1.82) is 0 Å². The first-order valence-corrected chi connectivity index (χ1v) is 8.16. The molecule has 2 aromatic rings. The predicted molar refractivity (Wildman–Crippen MR) is 80.7 cm³/mol. The van der Waals surface area contributed by atoms with Gasteiger partial charge in [0.1, 0.15) is 5.60 Å². The van der Waals surface area contributed by atoms with Crippen molar-refractivity contribution in [1.82, 2.24) is 4.98 Å². The number of carbonyl (C=O) groups excluding carboxylic acids is 2. The standard InChI is InChI=1S/C16H12N2O4S/c19-13-12-11(14(20)21)9-5-6-16(12,22-9)7-18(13)15-17-8-3-1-2-4-10(8)23-15/h1-6,9,11-12H,7H2,(H,20,21)/p-1/t9-,11-,12+,16+/m0/s1. The zero-order valence-corrected chi connectivity index (χ0v) is 12.7. The third-order valence-electron chi connectivity index (χ3n) is 4.89. The van der Waals surface area contributed by atoms with Crippen LogP contribution in [-0.2, 0) is 14.3 Å². The zero-order chi connectivity index (χ0) is 15.8. The van der Waals surface area contributed by atoms with Crippen LogP contribution in [0.2, 0.25) is 0 Å². The van der Waals surface area contributed by atoms with E-state index < -0.39 is 29.5 Å². The highest BCUT2D eigenvalue weighted by atomic mass is 32.1. The maximum Gasteiger partial charge on any atom is 0.236 e. The number of carbonyl (C=O) groups is 2. The number of ether oxygens (including phenoxy) is 1. The van der Waals surface area contributed by atoms with Gasteiger partial charge in [0.05, 0.1) is 28.8 Å². The van der Waals surface area contributed by atoms with Crippen molar-refractivity contribution in [2.45, 2.75) is 11.7 Å². The fourth-order valence-corrected chi connectivity index (χ4v) is 4.87. The van der Waals surface area contributed by atoms with E-state index in [4.69, 9.17) is 4.74 Å². The summed E-state index contributed by atoms with van der Waals surface area (Å²) in [4.78, 5) is 30.4. The van der Waals surface area contributed by atoms with Crippen LogP contribution in [0.5, 0.6) is 0 Å². The molecule has 1 spiro atoms. The summed E-state index contributed by atoms with van der Waals surface area (Å²) in [7, 11) is 0. The molecule has 2 saturated heterocycles. The molecular weight excluding hydrogens is 316 g/mol. The van der Waals surface area contributed by atoms with E-state index in [9.17, 15) is 14.7 Å². The van der Waals surface area contributed by atoms with Gasteiger partial charge in [-0.15, -0.1) is 0 Å². The number of aliphatic carboxylic acids is 1. The molecule has 5 rings (SSSR count). The Bertz CT molecular complexity index is 858. The lowest BCUT2D eigenvalue weighted by molar-refractivity contribution is -0.313. The minimum Gasteiger partial charge on any atom is -0.550 e. The zero-order valence-electron chi connectivity index (χ0n) is 11.8. The van der Waals surface area contributed by atoms with Crippen LogP contribution in [-0.4, -0.2) is 35.1 Å². The third-order valence-corrected chi connectivity index (χ3v) is 5.95. The number of nitrogens with zero attached hydrogens (tertiary/aromatic N) is 2. The van der Waals surface area contributed by atoms with Gasteiger partial charge in [0, 0.05) is 11.9 Å². The van der Waals surface area contributed by atoms with Gasteiger partial charge in [-0.3, -0.25) is 9.69 Å². The largest absolute Gasteiger partial charge is 0.550 e. The highest BCUT2D eigenvalue weighted by Gasteiger charge is 2.65.